The van der Waals surface area contributed by atoms with E-state index in [0.29, 0.717) is 19.3 Å². The molecular formula is C52H100O6. The Morgan fingerprint density at radius 2 is 0.603 bits per heavy atom. The van der Waals surface area contributed by atoms with Gasteiger partial charge < -0.3 is 14.2 Å². The zero-order chi connectivity index (χ0) is 42.4. The van der Waals surface area contributed by atoms with Crippen LogP contribution >= 0.6 is 0 Å². The Bertz CT molecular complexity index is 874. The van der Waals surface area contributed by atoms with E-state index in [2.05, 4.69) is 27.7 Å². The topological polar surface area (TPSA) is 78.9 Å². The standard InChI is InChI=1S/C52H100O6/c1-5-8-10-12-14-16-17-20-24-28-31-35-39-43-50(53)56-46-49(58-52(55)45-41-37-33-26-15-13-11-9-6-2)47-57-51(54)44-40-36-32-29-25-22-19-18-21-23-27-30-34-38-42-48(4)7-3/h48-49H,5-47H2,1-4H3/t48?,49-/m1/s1. The molecule has 6 heteroatoms. The molecule has 0 bridgehead atoms. The zero-order valence-corrected chi connectivity index (χ0v) is 39.5. The maximum Gasteiger partial charge on any atom is 0.306 e. The van der Waals surface area contributed by atoms with Crippen molar-refractivity contribution in [2.45, 2.75) is 297 Å². The average Bonchev–Trinajstić information content (AvgIpc) is 3.22. The van der Waals surface area contributed by atoms with E-state index in [4.69, 9.17) is 14.2 Å². The van der Waals surface area contributed by atoms with Crippen molar-refractivity contribution in [3.63, 3.8) is 0 Å². The van der Waals surface area contributed by atoms with Crippen molar-refractivity contribution >= 4 is 17.9 Å². The van der Waals surface area contributed by atoms with E-state index in [1.807, 2.05) is 0 Å². The Morgan fingerprint density at radius 3 is 0.897 bits per heavy atom. The summed E-state index contributed by atoms with van der Waals surface area (Å²) in [4.78, 5) is 37.8. The molecule has 6 nitrogen and oxygen atoms in total. The molecule has 58 heavy (non-hydrogen) atoms. The molecule has 0 radical (unpaired) electrons. The Balaban J connectivity index is 4.22. The summed E-state index contributed by atoms with van der Waals surface area (Å²) in [6, 6.07) is 0. The van der Waals surface area contributed by atoms with Gasteiger partial charge in [0, 0.05) is 19.3 Å². The third-order valence-electron chi connectivity index (χ3n) is 12.2. The van der Waals surface area contributed by atoms with Crippen molar-refractivity contribution in [1.82, 2.24) is 0 Å². The number of esters is 3. The van der Waals surface area contributed by atoms with E-state index in [0.717, 1.165) is 63.7 Å². The average molecular weight is 821 g/mol. The third kappa shape index (κ3) is 44.0. The number of ether oxygens (including phenoxy) is 3. The fourth-order valence-corrected chi connectivity index (χ4v) is 7.83. The summed E-state index contributed by atoms with van der Waals surface area (Å²) >= 11 is 0. The molecule has 0 saturated carbocycles. The van der Waals surface area contributed by atoms with Crippen molar-refractivity contribution in [1.29, 1.82) is 0 Å². The van der Waals surface area contributed by atoms with Crippen LogP contribution < -0.4 is 0 Å². The van der Waals surface area contributed by atoms with Crippen LogP contribution in [0.1, 0.15) is 291 Å². The summed E-state index contributed by atoms with van der Waals surface area (Å²) in [7, 11) is 0. The summed E-state index contributed by atoms with van der Waals surface area (Å²) in [5.74, 6) is 0.0487. The van der Waals surface area contributed by atoms with Crippen LogP contribution in [0.15, 0.2) is 0 Å². The smallest absolute Gasteiger partial charge is 0.306 e. The highest BCUT2D eigenvalue weighted by Gasteiger charge is 2.19. The number of hydrogen-bond acceptors (Lipinski definition) is 6. The first kappa shape index (κ1) is 56.4. The second-order valence-corrected chi connectivity index (χ2v) is 18.1. The molecule has 0 fully saturated rings. The van der Waals surface area contributed by atoms with Gasteiger partial charge >= 0.3 is 17.9 Å². The molecule has 1 unspecified atom stereocenters. The summed E-state index contributed by atoms with van der Waals surface area (Å²) in [5.41, 5.74) is 0. The highest BCUT2D eigenvalue weighted by molar-refractivity contribution is 5.71. The molecule has 0 aliphatic rings. The normalized spacial score (nSPS) is 12.4. The Labute approximate surface area is 361 Å². The molecule has 0 heterocycles. The lowest BCUT2D eigenvalue weighted by Crippen LogP contribution is -2.30. The fourth-order valence-electron chi connectivity index (χ4n) is 7.83. The maximum absolute atomic E-state index is 12.7. The molecule has 0 aromatic rings. The molecule has 0 rings (SSSR count). The molecular weight excluding hydrogens is 721 g/mol. The van der Waals surface area contributed by atoms with Gasteiger partial charge in [0.15, 0.2) is 6.10 Å². The van der Waals surface area contributed by atoms with Gasteiger partial charge in [-0.1, -0.05) is 252 Å². The molecule has 0 aromatic carbocycles. The highest BCUT2D eigenvalue weighted by atomic mass is 16.6. The highest BCUT2D eigenvalue weighted by Crippen LogP contribution is 2.18. The van der Waals surface area contributed by atoms with Crippen molar-refractivity contribution in [2.24, 2.45) is 5.92 Å². The van der Waals surface area contributed by atoms with Crippen LogP contribution in [0.25, 0.3) is 0 Å². The summed E-state index contributed by atoms with van der Waals surface area (Å²) < 4.78 is 16.8. The van der Waals surface area contributed by atoms with Gasteiger partial charge in [-0.05, 0) is 25.2 Å². The number of carbonyl (C=O) groups is 3. The van der Waals surface area contributed by atoms with Crippen LogP contribution in [0, 0.1) is 5.92 Å². The first-order chi connectivity index (χ1) is 28.4. The monoisotopic (exact) mass is 821 g/mol. The first-order valence-corrected chi connectivity index (χ1v) is 25.9. The number of unbranched alkanes of at least 4 members (excludes halogenated alkanes) is 33. The Hall–Kier alpha value is -1.59. The summed E-state index contributed by atoms with van der Waals surface area (Å²) in [6.45, 7) is 9.05. The van der Waals surface area contributed by atoms with Gasteiger partial charge in [0.2, 0.25) is 0 Å². The predicted molar refractivity (Wildman–Crippen MR) is 247 cm³/mol. The fraction of sp³-hybridized carbons (Fsp3) is 0.942. The molecule has 0 saturated heterocycles. The molecule has 0 N–H and O–H groups in total. The number of carbonyl (C=O) groups excluding carboxylic acids is 3. The summed E-state index contributed by atoms with van der Waals surface area (Å²) in [6.07, 6.45) is 48.0. The van der Waals surface area contributed by atoms with Gasteiger partial charge in [-0.15, -0.1) is 0 Å². The zero-order valence-electron chi connectivity index (χ0n) is 39.5. The van der Waals surface area contributed by atoms with Gasteiger partial charge in [0.05, 0.1) is 0 Å². The maximum atomic E-state index is 12.7. The minimum atomic E-state index is -0.759. The molecule has 2 atom stereocenters. The largest absolute Gasteiger partial charge is 0.462 e. The van der Waals surface area contributed by atoms with Gasteiger partial charge in [-0.3, -0.25) is 14.4 Å². The van der Waals surface area contributed by atoms with Gasteiger partial charge in [0.1, 0.15) is 13.2 Å². The Kier molecular flexibility index (Phi) is 45.2. The number of hydrogen-bond donors (Lipinski definition) is 0. The third-order valence-corrected chi connectivity index (χ3v) is 12.2. The molecule has 0 aliphatic carbocycles. The first-order valence-electron chi connectivity index (χ1n) is 25.9. The SMILES string of the molecule is CCCCCCCCCCCCCCCC(=O)OC[C@H](COC(=O)CCCCCCCCCCCCCCCCC(C)CC)OC(=O)CCCCCCCCCCC. The predicted octanol–water partition coefficient (Wildman–Crippen LogP) is 16.7. The van der Waals surface area contributed by atoms with E-state index in [1.54, 1.807) is 0 Å². The molecule has 344 valence electrons. The lowest BCUT2D eigenvalue weighted by atomic mass is 9.99. The van der Waals surface area contributed by atoms with Crippen molar-refractivity contribution in [3.05, 3.63) is 0 Å². The Morgan fingerprint density at radius 1 is 0.345 bits per heavy atom. The second kappa shape index (κ2) is 46.5. The minimum Gasteiger partial charge on any atom is -0.462 e. The van der Waals surface area contributed by atoms with Gasteiger partial charge in [-0.25, -0.2) is 0 Å². The molecule has 0 aromatic heterocycles. The van der Waals surface area contributed by atoms with E-state index in [9.17, 15) is 14.4 Å². The van der Waals surface area contributed by atoms with Crippen LogP contribution in [0.4, 0.5) is 0 Å². The van der Waals surface area contributed by atoms with Crippen LogP contribution in [-0.4, -0.2) is 37.2 Å². The molecule has 0 amide bonds. The van der Waals surface area contributed by atoms with Crippen LogP contribution in [-0.2, 0) is 28.6 Å². The van der Waals surface area contributed by atoms with Crippen molar-refractivity contribution in [2.75, 3.05) is 13.2 Å². The summed E-state index contributed by atoms with van der Waals surface area (Å²) in [5, 5.41) is 0. The van der Waals surface area contributed by atoms with Crippen LogP contribution in [0.3, 0.4) is 0 Å². The van der Waals surface area contributed by atoms with Crippen molar-refractivity contribution < 1.29 is 28.6 Å². The van der Waals surface area contributed by atoms with E-state index >= 15 is 0 Å². The van der Waals surface area contributed by atoms with E-state index in [1.165, 1.54) is 186 Å². The van der Waals surface area contributed by atoms with Crippen LogP contribution in [0.2, 0.25) is 0 Å². The quantitative estimate of drug-likeness (QED) is 0.0346. The number of rotatable bonds is 47. The van der Waals surface area contributed by atoms with Gasteiger partial charge in [-0.2, -0.15) is 0 Å². The molecule has 0 aliphatic heterocycles. The van der Waals surface area contributed by atoms with E-state index in [-0.39, 0.29) is 31.1 Å². The molecule has 0 spiro atoms. The lowest BCUT2D eigenvalue weighted by Gasteiger charge is -2.18. The lowest BCUT2D eigenvalue weighted by molar-refractivity contribution is -0.167. The second-order valence-electron chi connectivity index (χ2n) is 18.1. The minimum absolute atomic E-state index is 0.0629. The van der Waals surface area contributed by atoms with Crippen molar-refractivity contribution in [3.8, 4) is 0 Å². The van der Waals surface area contributed by atoms with Gasteiger partial charge in [0.25, 0.3) is 0 Å². The van der Waals surface area contributed by atoms with E-state index < -0.39 is 6.10 Å². The van der Waals surface area contributed by atoms with Crippen LogP contribution in [0.5, 0.6) is 0 Å².